The van der Waals surface area contributed by atoms with E-state index >= 15 is 0 Å². The predicted molar refractivity (Wildman–Crippen MR) is 97.4 cm³/mol. The molecule has 1 saturated heterocycles. The summed E-state index contributed by atoms with van der Waals surface area (Å²) < 4.78 is 16.0. The molecule has 2 aromatic carbocycles. The number of carbonyl (C=O) groups is 1. The molecule has 1 fully saturated rings. The smallest absolute Gasteiger partial charge is 0.310 e. The Bertz CT molecular complexity index is 786. The highest BCUT2D eigenvalue weighted by Crippen LogP contribution is 2.32. The Hall–Kier alpha value is -2.57. The summed E-state index contributed by atoms with van der Waals surface area (Å²) in [5.74, 6) is 0.427. The van der Waals surface area contributed by atoms with Gasteiger partial charge in [0, 0.05) is 11.0 Å². The number of anilines is 1. The lowest BCUT2D eigenvalue weighted by Gasteiger charge is -2.37. The molecule has 0 unspecified atom stereocenters. The van der Waals surface area contributed by atoms with E-state index in [0.717, 1.165) is 16.7 Å². The number of nitrogens with one attached hydrogen (secondary N) is 1. The van der Waals surface area contributed by atoms with Crippen LogP contribution < -0.4 is 10.2 Å². The topological polar surface area (TPSA) is 77.0 Å². The van der Waals surface area contributed by atoms with Crippen molar-refractivity contribution in [2.24, 2.45) is 5.41 Å². The number of esters is 1. The van der Waals surface area contributed by atoms with Crippen LogP contribution in [0, 0.1) is 5.41 Å². The van der Waals surface area contributed by atoms with Crippen molar-refractivity contribution >= 4 is 11.7 Å². The molecule has 26 heavy (non-hydrogen) atoms. The first-order chi connectivity index (χ1) is 12.5. The van der Waals surface area contributed by atoms with E-state index in [9.17, 15) is 4.79 Å². The average Bonchev–Trinajstić information content (AvgIpc) is 2.65. The van der Waals surface area contributed by atoms with Crippen LogP contribution in [0.2, 0.25) is 0 Å². The molecule has 1 aliphatic rings. The molecule has 138 valence electrons. The second-order valence-electron chi connectivity index (χ2n) is 6.87. The molecule has 0 amide bonds. The van der Waals surface area contributed by atoms with Crippen LogP contribution in [0.5, 0.6) is 5.75 Å². The van der Waals surface area contributed by atoms with Crippen LogP contribution in [0.3, 0.4) is 0 Å². The average molecular weight is 357 g/mol. The van der Waals surface area contributed by atoms with E-state index in [2.05, 4.69) is 5.48 Å². The number of hydrogen-bond donors (Lipinski definition) is 2. The minimum atomic E-state index is -0.264. The summed E-state index contributed by atoms with van der Waals surface area (Å²) in [5, 5.41) is 9.11. The van der Waals surface area contributed by atoms with Gasteiger partial charge in [-0.1, -0.05) is 25.1 Å². The van der Waals surface area contributed by atoms with Crippen LogP contribution >= 0.6 is 0 Å². The monoisotopic (exact) mass is 357 g/mol. The third-order valence-corrected chi connectivity index (χ3v) is 4.40. The lowest BCUT2D eigenvalue weighted by Crippen LogP contribution is -2.44. The Labute approximate surface area is 152 Å². The molecule has 6 nitrogen and oxygen atoms in total. The molecule has 0 spiro atoms. The van der Waals surface area contributed by atoms with Gasteiger partial charge in [0.1, 0.15) is 12.4 Å². The Morgan fingerprint density at radius 2 is 2.08 bits per heavy atom. The van der Waals surface area contributed by atoms with Crippen LogP contribution in [0.25, 0.3) is 11.1 Å². The molecule has 3 rings (SSSR count). The van der Waals surface area contributed by atoms with Crippen molar-refractivity contribution in [3.63, 3.8) is 0 Å². The third-order valence-electron chi connectivity index (χ3n) is 4.40. The molecule has 0 aromatic heterocycles. The van der Waals surface area contributed by atoms with Crippen molar-refractivity contribution in [3.05, 3.63) is 48.0 Å². The molecule has 2 N–H and O–H groups in total. The summed E-state index contributed by atoms with van der Waals surface area (Å²) in [5.41, 5.74) is 5.20. The minimum absolute atomic E-state index is 0.0571. The van der Waals surface area contributed by atoms with Gasteiger partial charge in [-0.05, 0) is 35.4 Å². The number of rotatable bonds is 7. The van der Waals surface area contributed by atoms with Crippen molar-refractivity contribution < 1.29 is 24.2 Å². The van der Waals surface area contributed by atoms with Crippen molar-refractivity contribution in [1.29, 1.82) is 0 Å². The quantitative estimate of drug-likeness (QED) is 0.585. The van der Waals surface area contributed by atoms with E-state index in [0.29, 0.717) is 31.3 Å². The maximum atomic E-state index is 12.2. The van der Waals surface area contributed by atoms with Gasteiger partial charge in [-0.2, -0.15) is 0 Å². The summed E-state index contributed by atoms with van der Waals surface area (Å²) in [4.78, 5) is 12.2. The Balaban J connectivity index is 1.75. The lowest BCUT2D eigenvalue weighted by atomic mass is 9.90. The second-order valence-corrected chi connectivity index (χ2v) is 6.87. The van der Waals surface area contributed by atoms with Crippen LogP contribution in [-0.4, -0.2) is 38.1 Å². The fourth-order valence-corrected chi connectivity index (χ4v) is 2.85. The highest BCUT2D eigenvalue weighted by Gasteiger charge is 2.34. The van der Waals surface area contributed by atoms with Gasteiger partial charge in [-0.3, -0.25) is 15.5 Å². The summed E-state index contributed by atoms with van der Waals surface area (Å²) in [6.45, 7) is 3.67. The number of ether oxygens (including phenoxy) is 3. The van der Waals surface area contributed by atoms with E-state index in [4.69, 9.17) is 19.4 Å². The lowest BCUT2D eigenvalue weighted by molar-refractivity contribution is -0.164. The largest absolute Gasteiger partial charge is 0.496 e. The summed E-state index contributed by atoms with van der Waals surface area (Å²) >= 11 is 0. The highest BCUT2D eigenvalue weighted by atomic mass is 16.5. The molecular weight excluding hydrogens is 334 g/mol. The van der Waals surface area contributed by atoms with E-state index in [1.165, 1.54) is 0 Å². The van der Waals surface area contributed by atoms with Gasteiger partial charge < -0.3 is 14.2 Å². The van der Waals surface area contributed by atoms with Gasteiger partial charge in [0.15, 0.2) is 0 Å². The highest BCUT2D eigenvalue weighted by molar-refractivity contribution is 5.77. The SMILES string of the molecule is COc1ccc(CC(=O)OCC2(C)COC2)cc1-c1cccc(NO)c1. The molecular formula is C20H23NO5. The van der Waals surface area contributed by atoms with Gasteiger partial charge in [-0.25, -0.2) is 0 Å². The fourth-order valence-electron chi connectivity index (χ4n) is 2.85. The van der Waals surface area contributed by atoms with Crippen LogP contribution in [0.15, 0.2) is 42.5 Å². The molecule has 0 radical (unpaired) electrons. The number of methoxy groups -OCH3 is 1. The number of benzene rings is 2. The summed E-state index contributed by atoms with van der Waals surface area (Å²) in [7, 11) is 1.60. The molecule has 2 aromatic rings. The zero-order valence-electron chi connectivity index (χ0n) is 15.0. The molecule has 1 aliphatic heterocycles. The van der Waals surface area contributed by atoms with Gasteiger partial charge in [-0.15, -0.1) is 0 Å². The van der Waals surface area contributed by atoms with Crippen LogP contribution in [0.4, 0.5) is 5.69 Å². The van der Waals surface area contributed by atoms with Crippen molar-refractivity contribution in [3.8, 4) is 16.9 Å². The van der Waals surface area contributed by atoms with Crippen molar-refractivity contribution in [1.82, 2.24) is 0 Å². The molecule has 1 heterocycles. The standard InChI is InChI=1S/C20H23NO5/c1-20(11-25-12-20)13-26-19(22)9-14-6-7-18(24-2)17(8-14)15-4-3-5-16(10-15)21-23/h3-8,10,21,23H,9,11-13H2,1-2H3. The summed E-state index contributed by atoms with van der Waals surface area (Å²) in [6.07, 6.45) is 0.186. The molecule has 0 aliphatic carbocycles. The first kappa shape index (κ1) is 18.2. The first-order valence-corrected chi connectivity index (χ1v) is 8.44. The van der Waals surface area contributed by atoms with E-state index in [1.807, 2.05) is 37.3 Å². The predicted octanol–water partition coefficient (Wildman–Crippen LogP) is 3.29. The van der Waals surface area contributed by atoms with Crippen molar-refractivity contribution in [2.75, 3.05) is 32.4 Å². The van der Waals surface area contributed by atoms with Gasteiger partial charge in [0.25, 0.3) is 0 Å². The zero-order chi connectivity index (χ0) is 18.6. The van der Waals surface area contributed by atoms with Crippen LogP contribution in [-0.2, 0) is 20.7 Å². The van der Waals surface area contributed by atoms with E-state index < -0.39 is 0 Å². The van der Waals surface area contributed by atoms with Gasteiger partial charge in [0.2, 0.25) is 0 Å². The Morgan fingerprint density at radius 1 is 1.27 bits per heavy atom. The van der Waals surface area contributed by atoms with Crippen LogP contribution in [0.1, 0.15) is 12.5 Å². The number of carbonyl (C=O) groups excluding carboxylic acids is 1. The zero-order valence-corrected chi connectivity index (χ0v) is 15.0. The molecule has 0 saturated carbocycles. The van der Waals surface area contributed by atoms with Crippen molar-refractivity contribution in [2.45, 2.75) is 13.3 Å². The van der Waals surface area contributed by atoms with E-state index in [1.54, 1.807) is 19.2 Å². The minimum Gasteiger partial charge on any atom is -0.496 e. The summed E-state index contributed by atoms with van der Waals surface area (Å²) in [6, 6.07) is 12.9. The Morgan fingerprint density at radius 3 is 2.73 bits per heavy atom. The molecule has 0 bridgehead atoms. The Kier molecular flexibility index (Phi) is 5.44. The maximum Gasteiger partial charge on any atom is 0.310 e. The number of hydrogen-bond acceptors (Lipinski definition) is 6. The second kappa shape index (κ2) is 7.76. The molecule has 6 heteroatoms. The first-order valence-electron chi connectivity index (χ1n) is 8.44. The van der Waals surface area contributed by atoms with Gasteiger partial charge >= 0.3 is 5.97 Å². The maximum absolute atomic E-state index is 12.2. The molecule has 0 atom stereocenters. The third kappa shape index (κ3) is 4.15. The van der Waals surface area contributed by atoms with Gasteiger partial charge in [0.05, 0.1) is 32.4 Å². The van der Waals surface area contributed by atoms with E-state index in [-0.39, 0.29) is 17.8 Å². The fraction of sp³-hybridized carbons (Fsp3) is 0.350. The normalized spacial score (nSPS) is 15.0.